The van der Waals surface area contributed by atoms with Crippen molar-refractivity contribution in [3.8, 4) is 5.69 Å². The first-order chi connectivity index (χ1) is 11.6. The third-order valence-corrected chi connectivity index (χ3v) is 4.38. The average Bonchev–Trinajstić information content (AvgIpc) is 3.21. The van der Waals surface area contributed by atoms with Gasteiger partial charge in [-0.15, -0.1) is 0 Å². The number of amides is 2. The van der Waals surface area contributed by atoms with Crippen molar-refractivity contribution < 1.29 is 9.53 Å². The van der Waals surface area contributed by atoms with Gasteiger partial charge in [0.15, 0.2) is 0 Å². The second-order valence-electron chi connectivity index (χ2n) is 6.10. The Hall–Kier alpha value is -2.34. The van der Waals surface area contributed by atoms with E-state index in [1.165, 1.54) is 0 Å². The lowest BCUT2D eigenvalue weighted by Gasteiger charge is -2.12. The fourth-order valence-corrected chi connectivity index (χ4v) is 2.99. The van der Waals surface area contributed by atoms with E-state index in [0.717, 1.165) is 42.1 Å². The molecule has 6 nitrogen and oxygen atoms in total. The summed E-state index contributed by atoms with van der Waals surface area (Å²) in [6.45, 7) is 5.81. The summed E-state index contributed by atoms with van der Waals surface area (Å²) in [4.78, 5) is 12.0. The van der Waals surface area contributed by atoms with E-state index >= 15 is 0 Å². The van der Waals surface area contributed by atoms with Crippen molar-refractivity contribution in [2.45, 2.75) is 39.3 Å². The summed E-state index contributed by atoms with van der Waals surface area (Å²) >= 11 is 0. The average molecular weight is 328 g/mol. The normalized spacial score (nSPS) is 17.0. The van der Waals surface area contributed by atoms with Crippen LogP contribution in [-0.2, 0) is 11.3 Å². The zero-order chi connectivity index (χ0) is 16.9. The predicted octanol–water partition coefficient (Wildman–Crippen LogP) is 2.47. The molecule has 1 atom stereocenters. The zero-order valence-electron chi connectivity index (χ0n) is 14.2. The van der Waals surface area contributed by atoms with Gasteiger partial charge in [-0.2, -0.15) is 5.10 Å². The molecule has 1 unspecified atom stereocenters. The smallest absolute Gasteiger partial charge is 0.315 e. The molecule has 0 saturated carbocycles. The van der Waals surface area contributed by atoms with Crippen molar-refractivity contribution in [2.75, 3.05) is 13.2 Å². The summed E-state index contributed by atoms with van der Waals surface area (Å²) < 4.78 is 7.41. The molecular weight excluding hydrogens is 304 g/mol. The Bertz CT molecular complexity index is 691. The number of aromatic nitrogens is 2. The Morgan fingerprint density at radius 3 is 2.79 bits per heavy atom. The molecule has 1 aromatic carbocycles. The van der Waals surface area contributed by atoms with Gasteiger partial charge < -0.3 is 15.4 Å². The Kier molecular flexibility index (Phi) is 5.15. The first kappa shape index (κ1) is 16.5. The molecule has 2 amide bonds. The summed E-state index contributed by atoms with van der Waals surface area (Å²) in [5.41, 5.74) is 4.03. The van der Waals surface area contributed by atoms with Gasteiger partial charge in [0.1, 0.15) is 0 Å². The number of benzene rings is 1. The number of carbonyl (C=O) groups excluding carboxylic acids is 1. The van der Waals surface area contributed by atoms with E-state index in [2.05, 4.69) is 15.7 Å². The molecule has 1 aromatic heterocycles. The third-order valence-electron chi connectivity index (χ3n) is 4.38. The highest BCUT2D eigenvalue weighted by atomic mass is 16.5. The fourth-order valence-electron chi connectivity index (χ4n) is 2.99. The largest absolute Gasteiger partial charge is 0.376 e. The minimum absolute atomic E-state index is 0.153. The molecule has 1 fully saturated rings. The summed E-state index contributed by atoms with van der Waals surface area (Å²) in [5.74, 6) is 0. The van der Waals surface area contributed by atoms with Gasteiger partial charge in [-0.05, 0) is 38.8 Å². The minimum Gasteiger partial charge on any atom is -0.376 e. The molecule has 3 rings (SSSR count). The first-order valence-corrected chi connectivity index (χ1v) is 8.39. The van der Waals surface area contributed by atoms with E-state index in [4.69, 9.17) is 4.74 Å². The maximum atomic E-state index is 12.0. The molecule has 1 aliphatic heterocycles. The number of para-hydroxylation sites is 1. The summed E-state index contributed by atoms with van der Waals surface area (Å²) in [6, 6.07) is 9.83. The van der Waals surface area contributed by atoms with Crippen LogP contribution in [0.3, 0.4) is 0 Å². The van der Waals surface area contributed by atoms with Crippen LogP contribution in [0.15, 0.2) is 30.3 Å². The Morgan fingerprint density at radius 1 is 1.29 bits per heavy atom. The van der Waals surface area contributed by atoms with Crippen LogP contribution in [0, 0.1) is 13.8 Å². The van der Waals surface area contributed by atoms with Crippen molar-refractivity contribution in [3.05, 3.63) is 47.3 Å². The maximum absolute atomic E-state index is 12.0. The van der Waals surface area contributed by atoms with Gasteiger partial charge in [0, 0.05) is 31.0 Å². The number of nitrogens with one attached hydrogen (secondary N) is 2. The molecule has 2 aromatic rings. The van der Waals surface area contributed by atoms with Gasteiger partial charge in [0.25, 0.3) is 0 Å². The molecule has 2 N–H and O–H groups in total. The molecule has 128 valence electrons. The highest BCUT2D eigenvalue weighted by Crippen LogP contribution is 2.17. The van der Waals surface area contributed by atoms with Crippen LogP contribution in [0.5, 0.6) is 0 Å². The molecule has 0 radical (unpaired) electrons. The molecule has 1 saturated heterocycles. The third kappa shape index (κ3) is 3.76. The molecule has 24 heavy (non-hydrogen) atoms. The van der Waals surface area contributed by atoms with Gasteiger partial charge in [0.2, 0.25) is 0 Å². The van der Waals surface area contributed by atoms with Crippen molar-refractivity contribution in [2.24, 2.45) is 0 Å². The quantitative estimate of drug-likeness (QED) is 0.886. The molecule has 1 aliphatic rings. The maximum Gasteiger partial charge on any atom is 0.315 e. The van der Waals surface area contributed by atoms with Crippen LogP contribution in [0.4, 0.5) is 4.79 Å². The van der Waals surface area contributed by atoms with Crippen molar-refractivity contribution in [1.29, 1.82) is 0 Å². The SMILES string of the molecule is Cc1nn(-c2ccccc2)c(C)c1CNC(=O)NCC1CCCO1. The number of hydrogen-bond acceptors (Lipinski definition) is 3. The zero-order valence-corrected chi connectivity index (χ0v) is 14.2. The first-order valence-electron chi connectivity index (χ1n) is 8.39. The number of rotatable bonds is 5. The lowest BCUT2D eigenvalue weighted by molar-refractivity contribution is 0.111. The van der Waals surface area contributed by atoms with E-state index in [9.17, 15) is 4.79 Å². The lowest BCUT2D eigenvalue weighted by atomic mass is 10.2. The second kappa shape index (κ2) is 7.49. The summed E-state index contributed by atoms with van der Waals surface area (Å²) in [6.07, 6.45) is 2.24. The lowest BCUT2D eigenvalue weighted by Crippen LogP contribution is -2.39. The van der Waals surface area contributed by atoms with Crippen LogP contribution in [0.1, 0.15) is 29.8 Å². The number of carbonyl (C=O) groups is 1. The van der Waals surface area contributed by atoms with E-state index in [-0.39, 0.29) is 12.1 Å². The van der Waals surface area contributed by atoms with Crippen LogP contribution in [0.25, 0.3) is 5.69 Å². The fraction of sp³-hybridized carbons (Fsp3) is 0.444. The molecule has 0 spiro atoms. The summed E-state index contributed by atoms with van der Waals surface area (Å²) in [5, 5.41) is 10.4. The monoisotopic (exact) mass is 328 g/mol. The van der Waals surface area contributed by atoms with Gasteiger partial charge in [-0.3, -0.25) is 0 Å². The Balaban J connectivity index is 1.59. The number of nitrogens with zero attached hydrogens (tertiary/aromatic N) is 2. The van der Waals surface area contributed by atoms with Crippen molar-refractivity contribution in [1.82, 2.24) is 20.4 Å². The van der Waals surface area contributed by atoms with Crippen molar-refractivity contribution in [3.63, 3.8) is 0 Å². The standard InChI is InChI=1S/C18H24N4O2/c1-13-17(12-20-18(23)19-11-16-9-6-10-24-16)14(2)22(21-13)15-7-4-3-5-8-15/h3-5,7-8,16H,6,9-12H2,1-2H3,(H2,19,20,23). The van der Waals surface area contributed by atoms with Crippen molar-refractivity contribution >= 4 is 6.03 Å². The number of urea groups is 1. The van der Waals surface area contributed by atoms with Crippen LogP contribution in [-0.4, -0.2) is 35.1 Å². The van der Waals surface area contributed by atoms with Gasteiger partial charge >= 0.3 is 6.03 Å². The highest BCUT2D eigenvalue weighted by molar-refractivity contribution is 5.73. The van der Waals surface area contributed by atoms with Gasteiger partial charge in [-0.1, -0.05) is 18.2 Å². The number of aryl methyl sites for hydroxylation is 1. The molecule has 0 bridgehead atoms. The van der Waals surface area contributed by atoms with Gasteiger partial charge in [0.05, 0.1) is 17.5 Å². The highest BCUT2D eigenvalue weighted by Gasteiger charge is 2.17. The number of ether oxygens (including phenoxy) is 1. The van der Waals surface area contributed by atoms with Crippen LogP contribution in [0.2, 0.25) is 0 Å². The van der Waals surface area contributed by atoms with Gasteiger partial charge in [-0.25, -0.2) is 9.48 Å². The minimum atomic E-state index is -0.170. The molecular formula is C18H24N4O2. The topological polar surface area (TPSA) is 68.2 Å². The molecule has 2 heterocycles. The molecule has 0 aliphatic carbocycles. The van der Waals surface area contributed by atoms with Crippen LogP contribution < -0.4 is 10.6 Å². The second-order valence-corrected chi connectivity index (χ2v) is 6.10. The van der Waals surface area contributed by atoms with E-state index in [1.54, 1.807) is 0 Å². The molecule has 6 heteroatoms. The van der Waals surface area contributed by atoms with E-state index in [0.29, 0.717) is 13.1 Å². The van der Waals surface area contributed by atoms with Crippen LogP contribution >= 0.6 is 0 Å². The Morgan fingerprint density at radius 2 is 2.08 bits per heavy atom. The Labute approximate surface area is 142 Å². The van der Waals surface area contributed by atoms with E-state index in [1.807, 2.05) is 48.9 Å². The number of hydrogen-bond donors (Lipinski definition) is 2. The predicted molar refractivity (Wildman–Crippen MR) is 92.3 cm³/mol. The summed E-state index contributed by atoms with van der Waals surface area (Å²) in [7, 11) is 0. The van der Waals surface area contributed by atoms with E-state index < -0.39 is 0 Å².